The maximum absolute atomic E-state index is 5.77. The fourth-order valence-corrected chi connectivity index (χ4v) is 2.32. The number of fused-ring (bicyclic) bond motifs is 1. The number of nitrogens with two attached hydrogens (primary N) is 1. The monoisotopic (exact) mass is 240 g/mol. The lowest BCUT2D eigenvalue weighted by Crippen LogP contribution is -2.04. The summed E-state index contributed by atoms with van der Waals surface area (Å²) in [4.78, 5) is 12.2. The zero-order valence-corrected chi connectivity index (χ0v) is 10.4. The molecular formula is C14H16N4. The first-order chi connectivity index (χ1) is 8.76. The molecule has 0 aliphatic heterocycles. The van der Waals surface area contributed by atoms with Gasteiger partial charge in [-0.15, -0.1) is 0 Å². The minimum Gasteiger partial charge on any atom is -0.399 e. The molecule has 4 heteroatoms. The summed E-state index contributed by atoms with van der Waals surface area (Å²) in [5.74, 6) is 0.964. The van der Waals surface area contributed by atoms with Crippen molar-refractivity contribution in [1.82, 2.24) is 9.97 Å². The highest BCUT2D eigenvalue weighted by molar-refractivity contribution is 5.91. The molecule has 18 heavy (non-hydrogen) atoms. The van der Waals surface area contributed by atoms with E-state index in [-0.39, 0.29) is 0 Å². The number of anilines is 1. The molecule has 0 saturated heterocycles. The largest absolute Gasteiger partial charge is 0.399 e. The van der Waals surface area contributed by atoms with E-state index in [0.29, 0.717) is 0 Å². The van der Waals surface area contributed by atoms with Crippen molar-refractivity contribution >= 4 is 28.0 Å². The van der Waals surface area contributed by atoms with Crippen LogP contribution in [0.15, 0.2) is 29.3 Å². The van der Waals surface area contributed by atoms with Gasteiger partial charge in [-0.25, -0.2) is 4.98 Å². The Labute approximate surface area is 106 Å². The van der Waals surface area contributed by atoms with Gasteiger partial charge in [0.2, 0.25) is 0 Å². The minimum atomic E-state index is 0.760. The second kappa shape index (κ2) is 4.29. The number of nitrogens with one attached hydrogen (secondary N) is 1. The molecule has 0 bridgehead atoms. The van der Waals surface area contributed by atoms with Crippen molar-refractivity contribution in [3.8, 4) is 0 Å². The van der Waals surface area contributed by atoms with Crippen LogP contribution in [0.4, 0.5) is 5.69 Å². The van der Waals surface area contributed by atoms with Crippen LogP contribution < -0.4 is 5.73 Å². The topological polar surface area (TPSA) is 67.1 Å². The van der Waals surface area contributed by atoms with Crippen LogP contribution in [0.3, 0.4) is 0 Å². The average Bonchev–Trinajstić information content (AvgIpc) is 2.81. The van der Waals surface area contributed by atoms with E-state index >= 15 is 0 Å². The predicted octanol–water partition coefficient (Wildman–Crippen LogP) is 2.78. The second-order valence-electron chi connectivity index (χ2n) is 4.59. The van der Waals surface area contributed by atoms with Crippen LogP contribution in [0.5, 0.6) is 0 Å². The Hall–Kier alpha value is -2.10. The third kappa shape index (κ3) is 1.90. The smallest absolute Gasteiger partial charge is 0.134 e. The minimum absolute atomic E-state index is 0.760. The van der Waals surface area contributed by atoms with E-state index in [1.165, 1.54) is 11.3 Å². The van der Waals surface area contributed by atoms with E-state index in [2.05, 4.69) is 21.0 Å². The first kappa shape index (κ1) is 11.0. The molecule has 1 heterocycles. The number of aliphatic imine (C=N–C) groups is 1. The van der Waals surface area contributed by atoms with Gasteiger partial charge in [-0.2, -0.15) is 0 Å². The van der Waals surface area contributed by atoms with Gasteiger partial charge in [0.15, 0.2) is 0 Å². The molecule has 4 nitrogen and oxygen atoms in total. The van der Waals surface area contributed by atoms with Crippen LogP contribution in [-0.2, 0) is 0 Å². The molecule has 0 saturated carbocycles. The summed E-state index contributed by atoms with van der Waals surface area (Å²) in [6.07, 6.45) is 5.18. The molecule has 3 rings (SSSR count). The summed E-state index contributed by atoms with van der Waals surface area (Å²) in [5.41, 5.74) is 11.0. The summed E-state index contributed by atoms with van der Waals surface area (Å²) in [5, 5.41) is 0. The van der Waals surface area contributed by atoms with Crippen LogP contribution in [0.25, 0.3) is 16.6 Å². The lowest BCUT2D eigenvalue weighted by atomic mass is 9.97. The standard InChI is InChI=1S/C14H16N4/c1-16-11-5-2-9(3-6-11)14-17-12-7-4-10(15)8-13(12)18-14/h2,4,7-8H,3,5-6,15H2,1H3,(H,17,18). The highest BCUT2D eigenvalue weighted by Gasteiger charge is 2.13. The van der Waals surface area contributed by atoms with Gasteiger partial charge < -0.3 is 10.7 Å². The number of allylic oxidation sites excluding steroid dienone is 2. The van der Waals surface area contributed by atoms with Gasteiger partial charge in [-0.05, 0) is 36.6 Å². The zero-order chi connectivity index (χ0) is 12.5. The van der Waals surface area contributed by atoms with Crippen LogP contribution in [0.1, 0.15) is 25.1 Å². The van der Waals surface area contributed by atoms with E-state index in [4.69, 9.17) is 5.73 Å². The van der Waals surface area contributed by atoms with Gasteiger partial charge in [-0.3, -0.25) is 4.99 Å². The number of hydrogen-bond donors (Lipinski definition) is 2. The van der Waals surface area contributed by atoms with Crippen LogP contribution >= 0.6 is 0 Å². The molecule has 0 fully saturated rings. The van der Waals surface area contributed by atoms with Crippen LogP contribution in [-0.4, -0.2) is 22.7 Å². The van der Waals surface area contributed by atoms with Crippen LogP contribution in [0.2, 0.25) is 0 Å². The van der Waals surface area contributed by atoms with Gasteiger partial charge in [0, 0.05) is 24.9 Å². The normalized spacial score (nSPS) is 18.3. The molecule has 1 aromatic carbocycles. The Kier molecular flexibility index (Phi) is 2.63. The van der Waals surface area contributed by atoms with Gasteiger partial charge in [0.05, 0.1) is 11.0 Å². The highest BCUT2D eigenvalue weighted by atomic mass is 14.9. The molecule has 3 N–H and O–H groups in total. The summed E-state index contributed by atoms with van der Waals surface area (Å²) < 4.78 is 0. The lowest BCUT2D eigenvalue weighted by Gasteiger charge is -2.12. The molecule has 0 radical (unpaired) electrons. The number of H-pyrrole nitrogens is 1. The third-order valence-electron chi connectivity index (χ3n) is 3.39. The molecule has 2 aromatic rings. The Morgan fingerprint density at radius 1 is 1.33 bits per heavy atom. The van der Waals surface area contributed by atoms with E-state index < -0.39 is 0 Å². The predicted molar refractivity (Wildman–Crippen MR) is 75.7 cm³/mol. The van der Waals surface area contributed by atoms with Crippen molar-refractivity contribution in [1.29, 1.82) is 0 Å². The maximum atomic E-state index is 5.77. The molecule has 0 spiro atoms. The van der Waals surface area contributed by atoms with Crippen molar-refractivity contribution in [3.05, 3.63) is 30.1 Å². The van der Waals surface area contributed by atoms with Crippen molar-refractivity contribution < 1.29 is 0 Å². The van der Waals surface area contributed by atoms with Crippen molar-refractivity contribution in [2.75, 3.05) is 12.8 Å². The number of hydrogen-bond acceptors (Lipinski definition) is 3. The van der Waals surface area contributed by atoms with Gasteiger partial charge in [-0.1, -0.05) is 6.08 Å². The van der Waals surface area contributed by atoms with E-state index in [1.807, 2.05) is 25.2 Å². The Morgan fingerprint density at radius 2 is 2.22 bits per heavy atom. The Balaban J connectivity index is 1.98. The van der Waals surface area contributed by atoms with E-state index in [9.17, 15) is 0 Å². The molecule has 1 aromatic heterocycles. The van der Waals surface area contributed by atoms with Gasteiger partial charge >= 0.3 is 0 Å². The quantitative estimate of drug-likeness (QED) is 0.753. The SMILES string of the molecule is CN=C1CC=C(c2nc3ccc(N)cc3[nH]2)CC1. The fraction of sp³-hybridized carbons (Fsp3) is 0.286. The number of benzene rings is 1. The lowest BCUT2D eigenvalue weighted by molar-refractivity contribution is 1.02. The number of nitrogen functional groups attached to an aromatic ring is 1. The third-order valence-corrected chi connectivity index (χ3v) is 3.39. The van der Waals surface area contributed by atoms with Crippen molar-refractivity contribution in [2.45, 2.75) is 19.3 Å². The number of rotatable bonds is 1. The van der Waals surface area contributed by atoms with Gasteiger partial charge in [0.1, 0.15) is 5.82 Å². The maximum Gasteiger partial charge on any atom is 0.134 e. The van der Waals surface area contributed by atoms with Crippen molar-refractivity contribution in [2.24, 2.45) is 4.99 Å². The second-order valence-corrected chi connectivity index (χ2v) is 4.59. The summed E-state index contributed by atoms with van der Waals surface area (Å²) >= 11 is 0. The number of nitrogens with zero attached hydrogens (tertiary/aromatic N) is 2. The first-order valence-electron chi connectivity index (χ1n) is 6.15. The molecule has 0 amide bonds. The van der Waals surface area contributed by atoms with E-state index in [1.54, 1.807) is 0 Å². The Bertz CT molecular complexity index is 649. The van der Waals surface area contributed by atoms with E-state index in [0.717, 1.165) is 41.8 Å². The van der Waals surface area contributed by atoms with Crippen molar-refractivity contribution in [3.63, 3.8) is 0 Å². The first-order valence-corrected chi connectivity index (χ1v) is 6.15. The summed E-state index contributed by atoms with van der Waals surface area (Å²) in [6.45, 7) is 0. The molecular weight excluding hydrogens is 224 g/mol. The summed E-state index contributed by atoms with van der Waals surface area (Å²) in [7, 11) is 1.86. The zero-order valence-electron chi connectivity index (χ0n) is 10.4. The molecule has 92 valence electrons. The average molecular weight is 240 g/mol. The Morgan fingerprint density at radius 3 is 2.94 bits per heavy atom. The molecule has 1 aliphatic rings. The number of imidazole rings is 1. The van der Waals surface area contributed by atoms with Crippen LogP contribution in [0, 0.1) is 0 Å². The summed E-state index contributed by atoms with van der Waals surface area (Å²) in [6, 6.07) is 5.76. The highest BCUT2D eigenvalue weighted by Crippen LogP contribution is 2.26. The number of aromatic amines is 1. The molecule has 1 aliphatic carbocycles. The molecule has 0 atom stereocenters. The van der Waals surface area contributed by atoms with Gasteiger partial charge in [0.25, 0.3) is 0 Å². The molecule has 0 unspecified atom stereocenters. The number of aromatic nitrogens is 2. The fourth-order valence-electron chi connectivity index (χ4n) is 2.32.